The first-order valence-corrected chi connectivity index (χ1v) is 5.38. The monoisotopic (exact) mass is 234 g/mol. The van der Waals surface area contributed by atoms with Gasteiger partial charge in [-0.3, -0.25) is 0 Å². The summed E-state index contributed by atoms with van der Waals surface area (Å²) in [6.45, 7) is 2.57. The summed E-state index contributed by atoms with van der Waals surface area (Å²) in [5, 5.41) is 9.80. The van der Waals surface area contributed by atoms with E-state index in [1.807, 2.05) is 25.1 Å². The van der Waals surface area contributed by atoms with Crippen LogP contribution in [-0.2, 0) is 4.74 Å². The van der Waals surface area contributed by atoms with Gasteiger partial charge in [0.15, 0.2) is 0 Å². The van der Waals surface area contributed by atoms with E-state index < -0.39 is 0 Å². The zero-order valence-electron chi connectivity index (χ0n) is 8.85. The lowest BCUT2D eigenvalue weighted by Gasteiger charge is -1.98. The molecule has 1 aromatic heterocycles. The highest BCUT2D eigenvalue weighted by Gasteiger charge is 1.98. The van der Waals surface area contributed by atoms with Gasteiger partial charge in [0, 0.05) is 16.5 Å². The van der Waals surface area contributed by atoms with E-state index in [9.17, 15) is 0 Å². The number of nitrogens with zero attached hydrogens (tertiary/aromatic N) is 2. The summed E-state index contributed by atoms with van der Waals surface area (Å²) in [6.07, 6.45) is 3.40. The lowest BCUT2D eigenvalue weighted by Crippen LogP contribution is -1.88. The summed E-state index contributed by atoms with van der Waals surface area (Å²) in [5.74, 6) is 0. The fourth-order valence-corrected chi connectivity index (χ4v) is 1.49. The van der Waals surface area contributed by atoms with Gasteiger partial charge in [0.2, 0.25) is 0 Å². The van der Waals surface area contributed by atoms with Crippen molar-refractivity contribution < 1.29 is 4.74 Å². The largest absolute Gasteiger partial charge is 0.501 e. The zero-order valence-corrected chi connectivity index (χ0v) is 9.61. The Balaban J connectivity index is 2.33. The van der Waals surface area contributed by atoms with Crippen LogP contribution >= 0.6 is 11.6 Å². The van der Waals surface area contributed by atoms with Crippen molar-refractivity contribution in [3.05, 3.63) is 41.2 Å². The van der Waals surface area contributed by atoms with Gasteiger partial charge in [0.25, 0.3) is 0 Å². The minimum absolute atomic E-state index is 0.646. The summed E-state index contributed by atoms with van der Waals surface area (Å²) >= 11 is 5.86. The Morgan fingerprint density at radius 3 is 3.00 bits per heavy atom. The molecular formula is C12H11ClN2O. The highest BCUT2D eigenvalue weighted by atomic mass is 35.5. The summed E-state index contributed by atoms with van der Waals surface area (Å²) in [6, 6.07) is 7.49. The minimum Gasteiger partial charge on any atom is -0.501 e. The van der Waals surface area contributed by atoms with Gasteiger partial charge in [-0.1, -0.05) is 17.7 Å². The molecule has 0 saturated heterocycles. The molecule has 0 spiro atoms. The number of halogens is 1. The molecule has 4 heteroatoms. The molecule has 0 aliphatic heterocycles. The summed E-state index contributed by atoms with van der Waals surface area (Å²) in [4.78, 5) is 0. The Kier molecular flexibility index (Phi) is 3.37. The number of hydrogen-bond donors (Lipinski definition) is 0. The van der Waals surface area contributed by atoms with E-state index in [0.717, 1.165) is 16.6 Å². The van der Waals surface area contributed by atoms with Gasteiger partial charge in [-0.15, -0.1) is 5.10 Å². The molecule has 2 rings (SSSR count). The first kappa shape index (κ1) is 10.9. The predicted molar refractivity (Wildman–Crippen MR) is 65.2 cm³/mol. The first-order valence-electron chi connectivity index (χ1n) is 5.01. The van der Waals surface area contributed by atoms with Crippen molar-refractivity contribution in [2.75, 3.05) is 6.61 Å². The van der Waals surface area contributed by atoms with Gasteiger partial charge in [0.1, 0.15) is 0 Å². The lowest BCUT2D eigenvalue weighted by atomic mass is 10.2. The SMILES string of the molecule is CCO/C=C/c1cc2ccc(Cl)cc2nn1. The molecule has 16 heavy (non-hydrogen) atoms. The molecule has 0 atom stereocenters. The second-order valence-electron chi connectivity index (χ2n) is 3.23. The van der Waals surface area contributed by atoms with E-state index in [1.165, 1.54) is 0 Å². The Morgan fingerprint density at radius 1 is 1.31 bits per heavy atom. The number of ether oxygens (including phenoxy) is 1. The third-order valence-electron chi connectivity index (χ3n) is 2.07. The van der Waals surface area contributed by atoms with Crippen LogP contribution in [0.25, 0.3) is 17.0 Å². The molecule has 2 aromatic rings. The molecule has 0 saturated carbocycles. The van der Waals surface area contributed by atoms with E-state index in [0.29, 0.717) is 11.6 Å². The molecule has 0 amide bonds. The van der Waals surface area contributed by atoms with Crippen molar-refractivity contribution in [2.24, 2.45) is 0 Å². The van der Waals surface area contributed by atoms with Crippen molar-refractivity contribution in [1.29, 1.82) is 0 Å². The van der Waals surface area contributed by atoms with Gasteiger partial charge >= 0.3 is 0 Å². The molecule has 0 N–H and O–H groups in total. The standard InChI is InChI=1S/C12H11ClN2O/c1-2-16-6-5-11-7-9-3-4-10(13)8-12(9)15-14-11/h3-8H,2H2,1H3/b6-5+. The highest BCUT2D eigenvalue weighted by molar-refractivity contribution is 6.31. The molecule has 1 aromatic carbocycles. The maximum Gasteiger partial charge on any atom is 0.0944 e. The molecular weight excluding hydrogens is 224 g/mol. The van der Waals surface area contributed by atoms with Crippen LogP contribution in [0.4, 0.5) is 0 Å². The van der Waals surface area contributed by atoms with Crippen molar-refractivity contribution in [3.63, 3.8) is 0 Å². The van der Waals surface area contributed by atoms with Crippen LogP contribution < -0.4 is 0 Å². The Morgan fingerprint density at radius 2 is 2.19 bits per heavy atom. The highest BCUT2D eigenvalue weighted by Crippen LogP contribution is 2.17. The van der Waals surface area contributed by atoms with Gasteiger partial charge in [-0.05, 0) is 25.1 Å². The molecule has 0 bridgehead atoms. The minimum atomic E-state index is 0.646. The number of rotatable bonds is 3. The Hall–Kier alpha value is -1.61. The van der Waals surface area contributed by atoms with Crippen LogP contribution in [0.3, 0.4) is 0 Å². The molecule has 0 unspecified atom stereocenters. The summed E-state index contributed by atoms with van der Waals surface area (Å²) in [5.41, 5.74) is 1.56. The third kappa shape index (κ3) is 2.49. The second kappa shape index (κ2) is 4.94. The lowest BCUT2D eigenvalue weighted by molar-refractivity contribution is 0.272. The number of hydrogen-bond acceptors (Lipinski definition) is 3. The van der Waals surface area contributed by atoms with E-state index >= 15 is 0 Å². The van der Waals surface area contributed by atoms with Crippen molar-refractivity contribution in [2.45, 2.75) is 6.92 Å². The predicted octanol–water partition coefficient (Wildman–Crippen LogP) is 3.29. The Bertz CT molecular complexity index is 525. The quantitative estimate of drug-likeness (QED) is 0.765. The van der Waals surface area contributed by atoms with Crippen LogP contribution in [0.5, 0.6) is 0 Å². The molecule has 0 fully saturated rings. The van der Waals surface area contributed by atoms with Crippen LogP contribution in [0.1, 0.15) is 12.6 Å². The van der Waals surface area contributed by atoms with E-state index in [1.54, 1.807) is 18.4 Å². The summed E-state index contributed by atoms with van der Waals surface area (Å²) in [7, 11) is 0. The second-order valence-corrected chi connectivity index (χ2v) is 3.67. The van der Waals surface area contributed by atoms with E-state index in [2.05, 4.69) is 10.2 Å². The zero-order chi connectivity index (χ0) is 11.4. The van der Waals surface area contributed by atoms with Crippen molar-refractivity contribution in [1.82, 2.24) is 10.2 Å². The first-order chi connectivity index (χ1) is 7.79. The normalized spacial score (nSPS) is 11.1. The maximum atomic E-state index is 5.86. The fraction of sp³-hybridized carbons (Fsp3) is 0.167. The average molecular weight is 235 g/mol. The molecule has 0 radical (unpaired) electrons. The number of aromatic nitrogens is 2. The van der Waals surface area contributed by atoms with Crippen LogP contribution in [0.2, 0.25) is 5.02 Å². The van der Waals surface area contributed by atoms with Gasteiger partial charge in [-0.2, -0.15) is 5.10 Å². The van der Waals surface area contributed by atoms with Crippen LogP contribution in [0.15, 0.2) is 30.5 Å². The molecule has 82 valence electrons. The molecule has 1 heterocycles. The van der Waals surface area contributed by atoms with Gasteiger partial charge < -0.3 is 4.74 Å². The van der Waals surface area contributed by atoms with Gasteiger partial charge in [-0.25, -0.2) is 0 Å². The van der Waals surface area contributed by atoms with Crippen LogP contribution in [-0.4, -0.2) is 16.8 Å². The molecule has 0 aliphatic rings. The van der Waals surface area contributed by atoms with Crippen LogP contribution in [0, 0.1) is 0 Å². The Labute approximate surface area is 98.7 Å². The maximum absolute atomic E-state index is 5.86. The summed E-state index contributed by atoms with van der Waals surface area (Å²) < 4.78 is 5.10. The van der Waals surface area contributed by atoms with Crippen molar-refractivity contribution >= 4 is 28.6 Å². The molecule has 0 aliphatic carbocycles. The van der Waals surface area contributed by atoms with Crippen molar-refractivity contribution in [3.8, 4) is 0 Å². The average Bonchev–Trinajstić information content (AvgIpc) is 2.29. The fourth-order valence-electron chi connectivity index (χ4n) is 1.32. The number of fused-ring (bicyclic) bond motifs is 1. The van der Waals surface area contributed by atoms with E-state index in [-0.39, 0.29) is 0 Å². The topological polar surface area (TPSA) is 35.0 Å². The smallest absolute Gasteiger partial charge is 0.0944 e. The molecule has 3 nitrogen and oxygen atoms in total. The number of benzene rings is 1. The third-order valence-corrected chi connectivity index (χ3v) is 2.31. The van der Waals surface area contributed by atoms with E-state index in [4.69, 9.17) is 16.3 Å². The van der Waals surface area contributed by atoms with Gasteiger partial charge in [0.05, 0.1) is 24.1 Å².